The van der Waals surface area contributed by atoms with Crippen LogP contribution in [0.5, 0.6) is 0 Å². The Morgan fingerprint density at radius 3 is 2.92 bits per heavy atom. The number of rotatable bonds is 1. The molecular formula is C11H9NO. The van der Waals surface area contributed by atoms with Crippen LogP contribution in [0.3, 0.4) is 0 Å². The zero-order valence-corrected chi connectivity index (χ0v) is 7.16. The molecule has 0 saturated carbocycles. The largest absolute Gasteiger partial charge is 0.294 e. The van der Waals surface area contributed by atoms with Crippen LogP contribution >= 0.6 is 0 Å². The van der Waals surface area contributed by atoms with Crippen molar-refractivity contribution in [1.82, 2.24) is 0 Å². The topological polar surface area (TPSA) is 40.9 Å². The van der Waals surface area contributed by atoms with Crippen LogP contribution in [0.4, 0.5) is 0 Å². The minimum absolute atomic E-state index is 0.0950. The molecule has 0 aliphatic heterocycles. The van der Waals surface area contributed by atoms with Crippen LogP contribution in [0.2, 0.25) is 0 Å². The Kier molecular flexibility index (Phi) is 1.86. The second kappa shape index (κ2) is 3.02. The van der Waals surface area contributed by atoms with E-state index in [1.54, 1.807) is 0 Å². The van der Waals surface area contributed by atoms with Crippen LogP contribution in [0, 0.1) is 17.2 Å². The smallest absolute Gasteiger partial charge is 0.167 e. The van der Waals surface area contributed by atoms with Crippen LogP contribution in [0.25, 0.3) is 0 Å². The Hall–Kier alpha value is -1.62. The number of fused-ring (bicyclic) bond motifs is 1. The maximum absolute atomic E-state index is 11.6. The van der Waals surface area contributed by atoms with Gasteiger partial charge in [-0.1, -0.05) is 24.3 Å². The van der Waals surface area contributed by atoms with Crippen molar-refractivity contribution in [2.45, 2.75) is 12.8 Å². The molecule has 0 radical (unpaired) electrons. The van der Waals surface area contributed by atoms with Gasteiger partial charge in [0.05, 0.1) is 6.07 Å². The standard InChI is InChI=1S/C11H9NO/c12-6-5-9-7-8-3-1-2-4-10(8)11(9)13/h1-4,9H,5,7H2. The summed E-state index contributed by atoms with van der Waals surface area (Å²) in [6.07, 6.45) is 1.08. The molecule has 0 N–H and O–H groups in total. The third-order valence-electron chi connectivity index (χ3n) is 2.46. The Balaban J connectivity index is 2.34. The first-order valence-electron chi connectivity index (χ1n) is 4.32. The molecular weight excluding hydrogens is 162 g/mol. The number of benzene rings is 1. The van der Waals surface area contributed by atoms with E-state index in [1.807, 2.05) is 24.3 Å². The second-order valence-corrected chi connectivity index (χ2v) is 3.28. The van der Waals surface area contributed by atoms with Gasteiger partial charge in [-0.3, -0.25) is 4.79 Å². The van der Waals surface area contributed by atoms with E-state index < -0.39 is 0 Å². The molecule has 2 rings (SSSR count). The molecule has 0 saturated heterocycles. The highest BCUT2D eigenvalue weighted by Gasteiger charge is 2.29. The van der Waals surface area contributed by atoms with E-state index in [1.165, 1.54) is 0 Å². The molecule has 1 aliphatic rings. The van der Waals surface area contributed by atoms with Crippen molar-refractivity contribution in [3.8, 4) is 6.07 Å². The fourth-order valence-electron chi connectivity index (χ4n) is 1.79. The lowest BCUT2D eigenvalue weighted by Crippen LogP contribution is -2.07. The summed E-state index contributed by atoms with van der Waals surface area (Å²) in [4.78, 5) is 11.6. The van der Waals surface area contributed by atoms with Gasteiger partial charge < -0.3 is 0 Å². The molecule has 1 aliphatic carbocycles. The van der Waals surface area contributed by atoms with Crippen molar-refractivity contribution in [3.63, 3.8) is 0 Å². The highest BCUT2D eigenvalue weighted by Crippen LogP contribution is 2.27. The van der Waals surface area contributed by atoms with Gasteiger partial charge in [0.15, 0.2) is 5.78 Å². The summed E-state index contributed by atoms with van der Waals surface area (Å²) in [5.74, 6) is 0.0413. The predicted molar refractivity (Wildman–Crippen MR) is 48.2 cm³/mol. The highest BCUT2D eigenvalue weighted by molar-refractivity contribution is 6.02. The average Bonchev–Trinajstić information content (AvgIpc) is 2.46. The maximum atomic E-state index is 11.6. The summed E-state index contributed by atoms with van der Waals surface area (Å²) in [7, 11) is 0. The number of nitriles is 1. The lowest BCUT2D eigenvalue weighted by atomic mass is 10.0. The summed E-state index contributed by atoms with van der Waals surface area (Å²) in [6.45, 7) is 0. The van der Waals surface area contributed by atoms with Crippen molar-refractivity contribution < 1.29 is 4.79 Å². The summed E-state index contributed by atoms with van der Waals surface area (Å²) >= 11 is 0. The fourth-order valence-corrected chi connectivity index (χ4v) is 1.79. The number of Topliss-reactive ketones (excluding diaryl/α,β-unsaturated/α-hetero) is 1. The number of hydrogen-bond acceptors (Lipinski definition) is 2. The number of carbonyl (C=O) groups excluding carboxylic acids is 1. The normalized spacial score (nSPS) is 19.6. The van der Waals surface area contributed by atoms with Crippen LogP contribution in [0.15, 0.2) is 24.3 Å². The van der Waals surface area contributed by atoms with Gasteiger partial charge in [-0.2, -0.15) is 5.26 Å². The van der Waals surface area contributed by atoms with Crippen LogP contribution in [-0.2, 0) is 6.42 Å². The van der Waals surface area contributed by atoms with Gasteiger partial charge in [-0.25, -0.2) is 0 Å². The quantitative estimate of drug-likeness (QED) is 0.648. The minimum atomic E-state index is -0.0950. The third kappa shape index (κ3) is 1.23. The van der Waals surface area contributed by atoms with Gasteiger partial charge >= 0.3 is 0 Å². The van der Waals surface area contributed by atoms with Crippen molar-refractivity contribution in [1.29, 1.82) is 5.26 Å². The van der Waals surface area contributed by atoms with Crippen molar-refractivity contribution in [2.24, 2.45) is 5.92 Å². The Morgan fingerprint density at radius 1 is 1.46 bits per heavy atom. The van der Waals surface area contributed by atoms with Crippen molar-refractivity contribution in [3.05, 3.63) is 35.4 Å². The molecule has 1 atom stereocenters. The van der Waals surface area contributed by atoms with Gasteiger partial charge in [0.2, 0.25) is 0 Å². The van der Waals surface area contributed by atoms with Crippen LogP contribution in [0.1, 0.15) is 22.3 Å². The number of ketones is 1. The average molecular weight is 171 g/mol. The van der Waals surface area contributed by atoms with Crippen molar-refractivity contribution in [2.75, 3.05) is 0 Å². The molecule has 0 spiro atoms. The molecule has 64 valence electrons. The van der Waals surface area contributed by atoms with Gasteiger partial charge in [-0.15, -0.1) is 0 Å². The van der Waals surface area contributed by atoms with Gasteiger partial charge in [0.1, 0.15) is 0 Å². The summed E-state index contributed by atoms with van der Waals surface area (Å²) in [6, 6.07) is 9.66. The van der Waals surface area contributed by atoms with Gasteiger partial charge in [-0.05, 0) is 12.0 Å². The molecule has 0 aromatic heterocycles. The molecule has 1 unspecified atom stereocenters. The SMILES string of the molecule is N#CCC1Cc2ccccc2C1=O. The molecule has 0 amide bonds. The van der Waals surface area contributed by atoms with E-state index in [9.17, 15) is 4.79 Å². The molecule has 1 aromatic carbocycles. The third-order valence-corrected chi connectivity index (χ3v) is 2.46. The number of hydrogen-bond donors (Lipinski definition) is 0. The minimum Gasteiger partial charge on any atom is -0.294 e. The lowest BCUT2D eigenvalue weighted by Gasteiger charge is -1.98. The highest BCUT2D eigenvalue weighted by atomic mass is 16.1. The zero-order chi connectivity index (χ0) is 9.26. The molecule has 2 nitrogen and oxygen atoms in total. The summed E-state index contributed by atoms with van der Waals surface area (Å²) in [5.41, 5.74) is 1.90. The summed E-state index contributed by atoms with van der Waals surface area (Å²) < 4.78 is 0. The first-order chi connectivity index (χ1) is 6.33. The van der Waals surface area contributed by atoms with Gasteiger partial charge in [0, 0.05) is 17.9 Å². The van der Waals surface area contributed by atoms with E-state index in [4.69, 9.17) is 5.26 Å². The van der Waals surface area contributed by atoms with Crippen molar-refractivity contribution >= 4 is 5.78 Å². The lowest BCUT2D eigenvalue weighted by molar-refractivity contribution is 0.0938. The molecule has 1 aromatic rings. The van der Waals surface area contributed by atoms with E-state index >= 15 is 0 Å². The molecule has 2 heteroatoms. The first kappa shape index (κ1) is 8.00. The number of nitrogens with zero attached hydrogens (tertiary/aromatic N) is 1. The van der Waals surface area contributed by atoms with Crippen LogP contribution < -0.4 is 0 Å². The Labute approximate surface area is 76.8 Å². The monoisotopic (exact) mass is 171 g/mol. The van der Waals surface area contributed by atoms with E-state index in [0.29, 0.717) is 6.42 Å². The predicted octanol–water partition coefficient (Wildman–Crippen LogP) is 1.96. The van der Waals surface area contributed by atoms with Crippen LogP contribution in [-0.4, -0.2) is 5.78 Å². The Morgan fingerprint density at radius 2 is 2.23 bits per heavy atom. The van der Waals surface area contributed by atoms with E-state index in [2.05, 4.69) is 6.07 Å². The maximum Gasteiger partial charge on any atom is 0.167 e. The first-order valence-corrected chi connectivity index (χ1v) is 4.32. The fraction of sp³-hybridized carbons (Fsp3) is 0.273. The molecule has 0 bridgehead atoms. The van der Waals surface area contributed by atoms with E-state index in [-0.39, 0.29) is 11.7 Å². The summed E-state index contributed by atoms with van der Waals surface area (Å²) in [5, 5.41) is 8.52. The zero-order valence-electron chi connectivity index (χ0n) is 7.16. The molecule has 0 fully saturated rings. The Bertz CT molecular complexity index is 389. The molecule has 13 heavy (non-hydrogen) atoms. The second-order valence-electron chi connectivity index (χ2n) is 3.28. The number of carbonyl (C=O) groups is 1. The molecule has 0 heterocycles. The van der Waals surface area contributed by atoms with Gasteiger partial charge in [0.25, 0.3) is 0 Å². The van der Waals surface area contributed by atoms with E-state index in [0.717, 1.165) is 17.5 Å².